The van der Waals surface area contributed by atoms with E-state index in [2.05, 4.69) is 5.32 Å². The molecule has 9 heteroatoms. The van der Waals surface area contributed by atoms with Gasteiger partial charge in [0.05, 0.1) is 29.1 Å². The van der Waals surface area contributed by atoms with Gasteiger partial charge in [-0.05, 0) is 42.1 Å². The minimum atomic E-state index is -0.675. The molecule has 7 nitrogen and oxygen atoms in total. The number of hydrogen-bond donors (Lipinski definition) is 1. The maximum Gasteiger partial charge on any atom is 0.272 e. The third-order valence-corrected chi connectivity index (χ3v) is 9.40. The van der Waals surface area contributed by atoms with Gasteiger partial charge >= 0.3 is 0 Å². The molecule has 2 aliphatic heterocycles. The summed E-state index contributed by atoms with van der Waals surface area (Å²) in [6.07, 6.45) is 0. The zero-order valence-electron chi connectivity index (χ0n) is 22.5. The van der Waals surface area contributed by atoms with E-state index in [0.717, 1.165) is 16.1 Å². The second-order valence-electron chi connectivity index (χ2n) is 10.0. The minimum Gasteiger partial charge on any atom is -0.322 e. The van der Waals surface area contributed by atoms with Crippen molar-refractivity contribution in [3.05, 3.63) is 149 Å². The molecule has 0 fully saturated rings. The van der Waals surface area contributed by atoms with Gasteiger partial charge in [0.25, 0.3) is 17.4 Å². The molecule has 2 aliphatic rings. The molecule has 1 N–H and O–H groups in total. The molecule has 0 aliphatic carbocycles. The number of hydrogen-bond acceptors (Lipinski definition) is 6. The number of allylic oxidation sites excluding steroid dienone is 1. The first-order valence-electron chi connectivity index (χ1n) is 13.4. The van der Waals surface area contributed by atoms with Crippen LogP contribution in [0, 0.1) is 0 Å². The Kier molecular flexibility index (Phi) is 6.53. The van der Waals surface area contributed by atoms with Crippen LogP contribution in [0.1, 0.15) is 29.0 Å². The Morgan fingerprint density at radius 3 is 2.36 bits per heavy atom. The summed E-state index contributed by atoms with van der Waals surface area (Å²) in [7, 11) is 0. The molecule has 7 rings (SSSR count). The Labute approximate surface area is 249 Å². The lowest BCUT2D eigenvalue weighted by Crippen LogP contribution is -2.41. The number of benzene rings is 3. The van der Waals surface area contributed by atoms with Crippen molar-refractivity contribution in [2.45, 2.75) is 19.5 Å². The Balaban J connectivity index is 1.39. The van der Waals surface area contributed by atoms with Crippen LogP contribution in [-0.2, 0) is 16.1 Å². The zero-order chi connectivity index (χ0) is 28.8. The van der Waals surface area contributed by atoms with Gasteiger partial charge in [0, 0.05) is 16.1 Å². The SMILES string of the molecule is CC1=C(C(=O)Nc2ccccc2)[C@H](c2cccs2)n2c(s/c(=C3\C(=O)N(Cc4ccccc4)c4ccccc43)c2=O)=N1. The highest BCUT2D eigenvalue weighted by molar-refractivity contribution is 7.10. The average Bonchev–Trinajstić information content (AvgIpc) is 3.71. The van der Waals surface area contributed by atoms with Crippen molar-refractivity contribution in [2.75, 3.05) is 10.2 Å². The first-order valence-corrected chi connectivity index (χ1v) is 15.1. The highest BCUT2D eigenvalue weighted by atomic mass is 32.1. The van der Waals surface area contributed by atoms with Crippen LogP contribution in [-0.4, -0.2) is 16.4 Å². The molecule has 4 heterocycles. The number of aromatic nitrogens is 1. The summed E-state index contributed by atoms with van der Waals surface area (Å²) in [6.45, 7) is 2.18. The van der Waals surface area contributed by atoms with Crippen molar-refractivity contribution in [1.29, 1.82) is 0 Å². The lowest BCUT2D eigenvalue weighted by molar-refractivity contribution is -0.114. The summed E-state index contributed by atoms with van der Waals surface area (Å²) in [4.78, 5) is 49.8. The normalized spacial score (nSPS) is 17.1. The maximum atomic E-state index is 14.3. The molecule has 0 radical (unpaired) electrons. The topological polar surface area (TPSA) is 83.8 Å². The van der Waals surface area contributed by atoms with Gasteiger partial charge in [-0.3, -0.25) is 19.0 Å². The summed E-state index contributed by atoms with van der Waals surface area (Å²) >= 11 is 2.67. The minimum absolute atomic E-state index is 0.226. The summed E-state index contributed by atoms with van der Waals surface area (Å²) in [5.74, 6) is -0.550. The Morgan fingerprint density at radius 2 is 1.62 bits per heavy atom. The van der Waals surface area contributed by atoms with E-state index >= 15 is 0 Å². The molecule has 42 heavy (non-hydrogen) atoms. The predicted octanol–water partition coefficient (Wildman–Crippen LogP) is 4.85. The van der Waals surface area contributed by atoms with E-state index in [1.54, 1.807) is 16.4 Å². The van der Waals surface area contributed by atoms with Crippen molar-refractivity contribution in [3.63, 3.8) is 0 Å². The molecule has 0 spiro atoms. The number of thiophene rings is 1. The van der Waals surface area contributed by atoms with Crippen LogP contribution in [0.5, 0.6) is 0 Å². The lowest BCUT2D eigenvalue weighted by Gasteiger charge is -2.24. The van der Waals surface area contributed by atoms with E-state index in [0.29, 0.717) is 44.0 Å². The number of rotatable bonds is 5. The van der Waals surface area contributed by atoms with Crippen LogP contribution >= 0.6 is 22.7 Å². The maximum absolute atomic E-state index is 14.3. The van der Waals surface area contributed by atoms with E-state index in [1.165, 1.54) is 22.7 Å². The van der Waals surface area contributed by atoms with Gasteiger partial charge in [-0.25, -0.2) is 4.99 Å². The van der Waals surface area contributed by atoms with Gasteiger partial charge in [-0.2, -0.15) is 0 Å². The molecule has 1 atom stereocenters. The van der Waals surface area contributed by atoms with E-state index < -0.39 is 6.04 Å². The van der Waals surface area contributed by atoms with Gasteiger partial charge in [0.2, 0.25) is 0 Å². The number of amides is 2. The molecule has 3 aromatic carbocycles. The third kappa shape index (κ3) is 4.34. The highest BCUT2D eigenvalue weighted by Gasteiger charge is 2.37. The van der Waals surface area contributed by atoms with E-state index in [-0.39, 0.29) is 17.4 Å². The quantitative estimate of drug-likeness (QED) is 0.319. The van der Waals surface area contributed by atoms with Crippen molar-refractivity contribution >= 4 is 51.4 Å². The summed E-state index contributed by atoms with van der Waals surface area (Å²) in [5.41, 5.74) is 4.08. The van der Waals surface area contributed by atoms with Crippen molar-refractivity contribution in [3.8, 4) is 0 Å². The van der Waals surface area contributed by atoms with Crippen LogP contribution in [0.2, 0.25) is 0 Å². The van der Waals surface area contributed by atoms with Crippen LogP contribution in [0.4, 0.5) is 11.4 Å². The van der Waals surface area contributed by atoms with Gasteiger partial charge in [0.1, 0.15) is 10.6 Å². The highest BCUT2D eigenvalue weighted by Crippen LogP contribution is 2.37. The number of carbonyl (C=O) groups excluding carboxylic acids is 2. The number of thiazole rings is 1. The van der Waals surface area contributed by atoms with Gasteiger partial charge in [-0.15, -0.1) is 11.3 Å². The average molecular weight is 589 g/mol. The standard InChI is InChI=1S/C33H24N4O3S2/c1-20-26(30(38)35-22-13-6-3-7-14-22)28(25-17-10-18-41-25)37-32(40)29(42-33(37)34-20)27-23-15-8-9-16-24(23)36(31(27)39)19-21-11-4-2-5-12-21/h2-18,28H,19H2,1H3,(H,35,38)/b29-27-/t28-/m0/s1. The largest absolute Gasteiger partial charge is 0.322 e. The molecular formula is C33H24N4O3S2. The zero-order valence-corrected chi connectivity index (χ0v) is 24.1. The van der Waals surface area contributed by atoms with E-state index in [9.17, 15) is 14.4 Å². The number of nitrogens with one attached hydrogen (secondary N) is 1. The molecule has 0 saturated heterocycles. The van der Waals surface area contributed by atoms with Crippen molar-refractivity contribution in [1.82, 2.24) is 4.57 Å². The Hall–Kier alpha value is -4.86. The number of carbonyl (C=O) groups is 2. The molecular weight excluding hydrogens is 565 g/mol. The number of fused-ring (bicyclic) bond motifs is 2. The third-order valence-electron chi connectivity index (χ3n) is 7.42. The lowest BCUT2D eigenvalue weighted by atomic mass is 10.0. The molecule has 2 aromatic heterocycles. The van der Waals surface area contributed by atoms with E-state index in [4.69, 9.17) is 4.99 Å². The number of para-hydroxylation sites is 2. The Morgan fingerprint density at radius 1 is 0.905 bits per heavy atom. The second kappa shape index (κ2) is 10.5. The smallest absolute Gasteiger partial charge is 0.272 e. The number of nitrogens with zero attached hydrogens (tertiary/aromatic N) is 3. The summed E-state index contributed by atoms with van der Waals surface area (Å²) in [6, 6.07) is 29.7. The fraction of sp³-hybridized carbons (Fsp3) is 0.0909. The van der Waals surface area contributed by atoms with Crippen molar-refractivity contribution < 1.29 is 9.59 Å². The first-order chi connectivity index (χ1) is 20.5. The first kappa shape index (κ1) is 26.1. The van der Waals surface area contributed by atoms with Gasteiger partial charge in [0.15, 0.2) is 4.80 Å². The Bertz CT molecular complexity index is 2060. The van der Waals surface area contributed by atoms with E-state index in [1.807, 2.05) is 102 Å². The predicted molar refractivity (Wildman–Crippen MR) is 166 cm³/mol. The monoisotopic (exact) mass is 588 g/mol. The molecule has 5 aromatic rings. The fourth-order valence-corrected chi connectivity index (χ4v) is 7.48. The number of anilines is 2. The summed E-state index contributed by atoms with van der Waals surface area (Å²) in [5, 5.41) is 4.89. The van der Waals surface area contributed by atoms with Crippen LogP contribution in [0.3, 0.4) is 0 Å². The molecule has 0 saturated carbocycles. The fourth-order valence-electron chi connectivity index (χ4n) is 5.52. The van der Waals surface area contributed by atoms with Crippen molar-refractivity contribution in [2.24, 2.45) is 4.99 Å². The van der Waals surface area contributed by atoms with Gasteiger partial charge in [-0.1, -0.05) is 84.1 Å². The molecule has 2 amide bonds. The summed E-state index contributed by atoms with van der Waals surface area (Å²) < 4.78 is 1.89. The van der Waals surface area contributed by atoms with Crippen LogP contribution in [0.25, 0.3) is 5.57 Å². The second-order valence-corrected chi connectivity index (χ2v) is 12.0. The van der Waals surface area contributed by atoms with Gasteiger partial charge < -0.3 is 10.2 Å². The molecule has 0 unspecified atom stereocenters. The molecule has 206 valence electrons. The van der Waals surface area contributed by atoms with Crippen LogP contribution in [0.15, 0.2) is 123 Å². The van der Waals surface area contributed by atoms with Crippen LogP contribution < -0.4 is 25.1 Å². The molecule has 0 bridgehead atoms.